The van der Waals surface area contributed by atoms with Gasteiger partial charge in [0.15, 0.2) is 12.3 Å². The molecule has 1 aliphatic heterocycles. The number of hydrogen-bond acceptors (Lipinski definition) is 11. The summed E-state index contributed by atoms with van der Waals surface area (Å²) in [5.74, 6) is -2.25. The van der Waals surface area contributed by atoms with Gasteiger partial charge < -0.3 is 28.9 Å². The Balaban J connectivity index is 2.06. The van der Waals surface area contributed by atoms with Gasteiger partial charge in [-0.25, -0.2) is 13.9 Å². The smallest absolute Gasteiger partial charge is 0.456 e. The summed E-state index contributed by atoms with van der Waals surface area (Å²) < 4.78 is 48.4. The second-order valence-corrected chi connectivity index (χ2v) is 9.79. The maximum Gasteiger partial charge on any atom is 0.481 e. The highest BCUT2D eigenvalue weighted by molar-refractivity contribution is 7.60. The van der Waals surface area contributed by atoms with Gasteiger partial charge in [0.1, 0.15) is 23.4 Å². The molecule has 1 aromatic rings. The van der Waals surface area contributed by atoms with Crippen LogP contribution >= 0.6 is 15.6 Å². The highest BCUT2D eigenvalue weighted by Gasteiger charge is 2.83. The van der Waals surface area contributed by atoms with Crippen LogP contribution in [0.15, 0.2) is 34.2 Å². The SMILES string of the molecule is C=C(OC(C)=O)[C@]12C(OP(=O)(O)OP(=O)(O)O)[C@H]1O[C@@H](n1ccc(=O)[nH]c1=O)[C@@H]2OC(C)=O. The van der Waals surface area contributed by atoms with Gasteiger partial charge in [-0.3, -0.25) is 28.5 Å². The van der Waals surface area contributed by atoms with Gasteiger partial charge in [0, 0.05) is 26.1 Å². The molecule has 2 fully saturated rings. The zero-order chi connectivity index (χ0) is 24.9. The number of hydrogen-bond donors (Lipinski definition) is 4. The van der Waals surface area contributed by atoms with Crippen LogP contribution in [0, 0.1) is 5.41 Å². The molecule has 2 aliphatic rings. The Morgan fingerprint density at radius 3 is 2.33 bits per heavy atom. The van der Waals surface area contributed by atoms with E-state index in [2.05, 4.69) is 10.9 Å². The minimum Gasteiger partial charge on any atom is -0.456 e. The number of phosphoric acid groups is 2. The van der Waals surface area contributed by atoms with Crippen molar-refractivity contribution in [2.75, 3.05) is 0 Å². The summed E-state index contributed by atoms with van der Waals surface area (Å²) in [5.41, 5.74) is -3.58. The van der Waals surface area contributed by atoms with E-state index in [9.17, 15) is 33.2 Å². The zero-order valence-electron chi connectivity index (χ0n) is 16.8. The third-order valence-corrected chi connectivity index (χ3v) is 6.92. The number of esters is 2. The topological polar surface area (TPSA) is 230 Å². The number of nitrogens with zero attached hydrogens (tertiary/aromatic N) is 1. The van der Waals surface area contributed by atoms with E-state index in [1.165, 1.54) is 0 Å². The van der Waals surface area contributed by atoms with Crippen molar-refractivity contribution in [3.63, 3.8) is 0 Å². The summed E-state index contributed by atoms with van der Waals surface area (Å²) in [5, 5.41) is 0. The molecule has 1 aliphatic carbocycles. The number of fused-ring (bicyclic) bond motifs is 1. The molecule has 16 nitrogen and oxygen atoms in total. The van der Waals surface area contributed by atoms with Crippen molar-refractivity contribution >= 4 is 27.6 Å². The molecule has 1 aromatic heterocycles. The summed E-state index contributed by atoms with van der Waals surface area (Å²) in [6, 6.07) is 0.969. The number of aromatic amines is 1. The third kappa shape index (κ3) is 4.93. The Bertz CT molecular complexity index is 1220. The predicted molar refractivity (Wildman–Crippen MR) is 102 cm³/mol. The van der Waals surface area contributed by atoms with Crippen LogP contribution in [0.4, 0.5) is 0 Å². The molecule has 0 bridgehead atoms. The van der Waals surface area contributed by atoms with Gasteiger partial charge in [0.2, 0.25) is 0 Å². The fourth-order valence-corrected chi connectivity index (χ4v) is 5.46. The Labute approximate surface area is 183 Å². The Hall–Kier alpha value is -2.42. The van der Waals surface area contributed by atoms with Crippen LogP contribution < -0.4 is 11.2 Å². The number of carbonyl (C=O) groups is 2. The van der Waals surface area contributed by atoms with Gasteiger partial charge in [0.05, 0.1) is 0 Å². The van der Waals surface area contributed by atoms with Gasteiger partial charge in [0.25, 0.3) is 5.56 Å². The van der Waals surface area contributed by atoms with E-state index in [-0.39, 0.29) is 0 Å². The fourth-order valence-electron chi connectivity index (χ4n) is 3.66. The molecule has 1 saturated heterocycles. The summed E-state index contributed by atoms with van der Waals surface area (Å²) >= 11 is 0. The molecule has 0 amide bonds. The lowest BCUT2D eigenvalue weighted by atomic mass is 9.95. The van der Waals surface area contributed by atoms with E-state index in [1.807, 2.05) is 4.98 Å². The first-order chi connectivity index (χ1) is 15.1. The maximum absolute atomic E-state index is 12.3. The minimum absolute atomic E-state index is 0.451. The molecule has 18 heteroatoms. The van der Waals surface area contributed by atoms with Crippen molar-refractivity contribution in [2.45, 2.75) is 38.4 Å². The van der Waals surface area contributed by atoms with Crippen molar-refractivity contribution in [1.82, 2.24) is 9.55 Å². The quantitative estimate of drug-likeness (QED) is 0.187. The van der Waals surface area contributed by atoms with Gasteiger partial charge >= 0.3 is 33.3 Å². The van der Waals surface area contributed by atoms with Crippen LogP contribution in [0.1, 0.15) is 20.1 Å². The predicted octanol–water partition coefficient (Wildman–Crippen LogP) is -0.963. The van der Waals surface area contributed by atoms with Crippen LogP contribution in [0.25, 0.3) is 0 Å². The molecule has 0 radical (unpaired) electrons. The molecule has 6 atom stereocenters. The van der Waals surface area contributed by atoms with E-state index >= 15 is 0 Å². The normalized spacial score (nSPS) is 30.1. The van der Waals surface area contributed by atoms with E-state index < -0.39 is 74.5 Å². The summed E-state index contributed by atoms with van der Waals surface area (Å²) in [6.07, 6.45) is -4.98. The molecule has 2 unspecified atom stereocenters. The largest absolute Gasteiger partial charge is 0.481 e. The second-order valence-electron chi connectivity index (χ2n) is 7.01. The Kier molecular flexibility index (Phi) is 6.43. The maximum atomic E-state index is 12.3. The number of carbonyl (C=O) groups excluding carboxylic acids is 2. The summed E-state index contributed by atoms with van der Waals surface area (Å²) in [7, 11) is -10.9. The highest BCUT2D eigenvalue weighted by Crippen LogP contribution is 2.71. The number of phosphoric ester groups is 1. The van der Waals surface area contributed by atoms with Crippen molar-refractivity contribution in [3.05, 3.63) is 45.4 Å². The summed E-state index contributed by atoms with van der Waals surface area (Å²) in [4.78, 5) is 76.3. The number of ether oxygens (including phenoxy) is 3. The van der Waals surface area contributed by atoms with Crippen LogP contribution in [0.2, 0.25) is 0 Å². The highest BCUT2D eigenvalue weighted by atomic mass is 31.3. The first-order valence-corrected chi connectivity index (χ1v) is 11.9. The van der Waals surface area contributed by atoms with Crippen molar-refractivity contribution in [1.29, 1.82) is 0 Å². The molecule has 4 N–H and O–H groups in total. The lowest BCUT2D eigenvalue weighted by Crippen LogP contribution is -2.42. The standard InChI is InChI=1S/C15H18N2O14P2/c1-6(27-7(2)18)15-10(11(15)30-33(25,26)31-32(22,23)24)29-13(12(15)28-8(3)19)17-5-4-9(20)16-14(17)21/h4-5,10-13H,1H2,2-3H3,(H,25,26)(H,16,20,21)(H2,22,23,24)/t10-,11?,12+,13-,15-/m1/s1. The van der Waals surface area contributed by atoms with Crippen LogP contribution in [0.3, 0.4) is 0 Å². The Morgan fingerprint density at radius 1 is 1.18 bits per heavy atom. The second kappa shape index (κ2) is 8.42. The lowest BCUT2D eigenvalue weighted by Gasteiger charge is -2.30. The number of nitrogens with one attached hydrogen (secondary N) is 1. The molecular formula is C15H18N2O14P2. The lowest BCUT2D eigenvalue weighted by molar-refractivity contribution is -0.162. The van der Waals surface area contributed by atoms with Crippen LogP contribution in [0.5, 0.6) is 0 Å². The van der Waals surface area contributed by atoms with Crippen molar-refractivity contribution < 1.29 is 56.4 Å². The molecule has 0 aromatic carbocycles. The molecule has 1 saturated carbocycles. The average molecular weight is 512 g/mol. The number of aromatic nitrogens is 2. The first-order valence-electron chi connectivity index (χ1n) is 8.88. The van der Waals surface area contributed by atoms with Crippen molar-refractivity contribution in [2.24, 2.45) is 5.41 Å². The first kappa shape index (κ1) is 25.2. The fraction of sp³-hybridized carbons (Fsp3) is 0.467. The molecule has 182 valence electrons. The van der Waals surface area contributed by atoms with E-state index in [0.717, 1.165) is 30.7 Å². The molecule has 33 heavy (non-hydrogen) atoms. The zero-order valence-corrected chi connectivity index (χ0v) is 18.6. The van der Waals surface area contributed by atoms with Crippen LogP contribution in [-0.4, -0.2) is 54.5 Å². The van der Waals surface area contributed by atoms with Gasteiger partial charge in [-0.2, -0.15) is 4.31 Å². The van der Waals surface area contributed by atoms with Gasteiger partial charge in [-0.05, 0) is 0 Å². The number of rotatable bonds is 8. The number of H-pyrrole nitrogens is 1. The molecule has 3 rings (SSSR count). The minimum atomic E-state index is -5.47. The van der Waals surface area contributed by atoms with E-state index in [4.69, 9.17) is 28.5 Å². The average Bonchev–Trinajstić information content (AvgIpc) is 3.07. The van der Waals surface area contributed by atoms with E-state index in [1.54, 1.807) is 0 Å². The third-order valence-electron chi connectivity index (χ3n) is 4.75. The Morgan fingerprint density at radius 2 is 1.82 bits per heavy atom. The molecule has 0 spiro atoms. The van der Waals surface area contributed by atoms with Gasteiger partial charge in [-0.1, -0.05) is 6.58 Å². The van der Waals surface area contributed by atoms with E-state index in [0.29, 0.717) is 0 Å². The monoisotopic (exact) mass is 512 g/mol. The molecule has 2 heterocycles. The summed E-state index contributed by atoms with van der Waals surface area (Å²) in [6.45, 7) is 5.56. The molecular weight excluding hydrogens is 494 g/mol. The van der Waals surface area contributed by atoms with Crippen LogP contribution in [-0.2, 0) is 41.8 Å². The van der Waals surface area contributed by atoms with Gasteiger partial charge in [-0.15, -0.1) is 0 Å². The van der Waals surface area contributed by atoms with Crippen molar-refractivity contribution in [3.8, 4) is 0 Å².